The first-order valence-corrected chi connectivity index (χ1v) is 14.3. The molecule has 0 radical (unpaired) electrons. The summed E-state index contributed by atoms with van der Waals surface area (Å²) in [6.45, 7) is 9.77. The second-order valence-corrected chi connectivity index (χ2v) is 10.6. The van der Waals surface area contributed by atoms with E-state index in [1.165, 1.54) is 16.7 Å². The molecule has 212 valence electrons. The normalized spacial score (nSPS) is 10.8. The molecule has 0 heterocycles. The number of rotatable bonds is 9. The maximum atomic E-state index is 11.4. The highest BCUT2D eigenvalue weighted by atomic mass is 16.5. The second kappa shape index (κ2) is 13.5. The van der Waals surface area contributed by atoms with Crippen LogP contribution in [0, 0.1) is 20.8 Å². The van der Waals surface area contributed by atoms with Gasteiger partial charge >= 0.3 is 5.97 Å². The maximum Gasteiger partial charge on any atom is 0.335 e. The van der Waals surface area contributed by atoms with Crippen molar-refractivity contribution in [1.29, 1.82) is 0 Å². The average Bonchev–Trinajstić information content (AvgIpc) is 3.03. The van der Waals surface area contributed by atoms with E-state index in [-0.39, 0.29) is 0 Å². The molecule has 5 rings (SSSR count). The van der Waals surface area contributed by atoms with Crippen molar-refractivity contribution in [2.75, 3.05) is 4.90 Å². The fourth-order valence-corrected chi connectivity index (χ4v) is 4.66. The molecule has 0 amide bonds. The van der Waals surface area contributed by atoms with Gasteiger partial charge in [0, 0.05) is 29.2 Å². The van der Waals surface area contributed by atoms with Crippen molar-refractivity contribution in [1.82, 2.24) is 0 Å². The van der Waals surface area contributed by atoms with Crippen molar-refractivity contribution in [3.8, 4) is 5.75 Å². The third-order valence-electron chi connectivity index (χ3n) is 7.20. The van der Waals surface area contributed by atoms with Crippen LogP contribution in [0.15, 0.2) is 140 Å². The van der Waals surface area contributed by atoms with E-state index in [0.717, 1.165) is 45.3 Å². The van der Waals surface area contributed by atoms with Crippen LogP contribution in [0.25, 0.3) is 17.7 Å². The molecular formula is C40H35NO2. The van der Waals surface area contributed by atoms with Gasteiger partial charge in [0.1, 0.15) is 5.75 Å². The van der Waals surface area contributed by atoms with Gasteiger partial charge in [-0.05, 0) is 79.4 Å². The molecule has 3 heteroatoms. The quantitative estimate of drug-likeness (QED) is 0.0776. The summed E-state index contributed by atoms with van der Waals surface area (Å²) in [6, 6.07) is 42.0. The van der Waals surface area contributed by atoms with Crippen LogP contribution >= 0.6 is 0 Å². The predicted molar refractivity (Wildman–Crippen MR) is 180 cm³/mol. The van der Waals surface area contributed by atoms with Crippen molar-refractivity contribution in [2.24, 2.45) is 0 Å². The number of benzene rings is 5. The SMILES string of the molecule is C=CC(=O)Oc1ccc(C=Cc2ccc(N(C=C(c3ccc(C)cc3)c3ccc(C)cc3)c3ccc(C)cc3)cc2)cc1. The molecule has 0 aliphatic rings. The Morgan fingerprint density at radius 1 is 0.581 bits per heavy atom. The number of hydrogen-bond acceptors (Lipinski definition) is 3. The van der Waals surface area contributed by atoms with Crippen LogP contribution in [0.5, 0.6) is 5.75 Å². The van der Waals surface area contributed by atoms with Crippen LogP contribution in [-0.2, 0) is 4.79 Å². The largest absolute Gasteiger partial charge is 0.423 e. The molecule has 0 saturated heterocycles. The Bertz CT molecular complexity index is 1690. The summed E-state index contributed by atoms with van der Waals surface area (Å²) < 4.78 is 5.16. The predicted octanol–water partition coefficient (Wildman–Crippen LogP) is 10.1. The first-order valence-electron chi connectivity index (χ1n) is 14.3. The van der Waals surface area contributed by atoms with Crippen LogP contribution in [0.4, 0.5) is 11.4 Å². The van der Waals surface area contributed by atoms with Gasteiger partial charge in [0.25, 0.3) is 0 Å². The Hall–Kier alpha value is -5.41. The van der Waals surface area contributed by atoms with Crippen molar-refractivity contribution < 1.29 is 9.53 Å². The number of esters is 1. The number of anilines is 2. The van der Waals surface area contributed by atoms with Gasteiger partial charge in [0.2, 0.25) is 0 Å². The van der Waals surface area contributed by atoms with E-state index in [2.05, 4.69) is 142 Å². The Morgan fingerprint density at radius 3 is 1.42 bits per heavy atom. The minimum absolute atomic E-state index is 0.470. The average molecular weight is 562 g/mol. The van der Waals surface area contributed by atoms with E-state index in [4.69, 9.17) is 4.74 Å². The topological polar surface area (TPSA) is 29.5 Å². The summed E-state index contributed by atoms with van der Waals surface area (Å²) in [5.41, 5.74) is 11.4. The van der Waals surface area contributed by atoms with Gasteiger partial charge in [-0.2, -0.15) is 0 Å². The second-order valence-electron chi connectivity index (χ2n) is 10.6. The molecule has 0 atom stereocenters. The molecular weight excluding hydrogens is 526 g/mol. The van der Waals surface area contributed by atoms with E-state index < -0.39 is 5.97 Å². The zero-order valence-corrected chi connectivity index (χ0v) is 24.8. The van der Waals surface area contributed by atoms with E-state index in [1.807, 2.05) is 18.2 Å². The maximum absolute atomic E-state index is 11.4. The van der Waals surface area contributed by atoms with E-state index in [1.54, 1.807) is 12.1 Å². The standard InChI is InChI=1S/C40H35NO2/c1-5-40(42)43-38-26-16-33(17-27-38)13-12-32-14-24-37(25-15-32)41(36-22-10-31(4)11-23-36)28-39(34-18-6-29(2)7-19-34)35-20-8-30(3)9-21-35/h5-28H,1H2,2-4H3. The van der Waals surface area contributed by atoms with Gasteiger partial charge in [0.05, 0.1) is 0 Å². The molecule has 5 aromatic rings. The molecule has 43 heavy (non-hydrogen) atoms. The van der Waals surface area contributed by atoms with Gasteiger partial charge in [-0.1, -0.05) is 120 Å². The molecule has 0 aliphatic carbocycles. The third kappa shape index (κ3) is 7.66. The smallest absolute Gasteiger partial charge is 0.335 e. The summed E-state index contributed by atoms with van der Waals surface area (Å²) in [7, 11) is 0. The molecule has 0 N–H and O–H groups in total. The van der Waals surface area contributed by atoms with E-state index in [0.29, 0.717) is 5.75 Å². The molecule has 0 spiro atoms. The zero-order chi connectivity index (χ0) is 30.2. The number of carbonyl (C=O) groups excluding carboxylic acids is 1. The molecule has 0 unspecified atom stereocenters. The lowest BCUT2D eigenvalue weighted by atomic mass is 9.96. The zero-order valence-electron chi connectivity index (χ0n) is 24.8. The van der Waals surface area contributed by atoms with E-state index in [9.17, 15) is 4.79 Å². The first kappa shape index (κ1) is 29.1. The summed E-state index contributed by atoms with van der Waals surface area (Å²) in [4.78, 5) is 13.7. The summed E-state index contributed by atoms with van der Waals surface area (Å²) >= 11 is 0. The third-order valence-corrected chi connectivity index (χ3v) is 7.20. The summed E-state index contributed by atoms with van der Waals surface area (Å²) in [5.74, 6) is 0.0223. The molecule has 0 fully saturated rings. The van der Waals surface area contributed by atoms with Gasteiger partial charge in [-0.15, -0.1) is 0 Å². The van der Waals surface area contributed by atoms with Gasteiger partial charge < -0.3 is 9.64 Å². The lowest BCUT2D eigenvalue weighted by molar-refractivity contribution is -0.128. The highest BCUT2D eigenvalue weighted by Crippen LogP contribution is 2.32. The number of ether oxygens (including phenoxy) is 1. The van der Waals surface area contributed by atoms with Gasteiger partial charge in [0.15, 0.2) is 0 Å². The molecule has 0 saturated carbocycles. The number of carbonyl (C=O) groups is 1. The molecule has 3 nitrogen and oxygen atoms in total. The van der Waals surface area contributed by atoms with Crippen molar-refractivity contribution in [3.05, 3.63) is 179 Å². The summed E-state index contributed by atoms with van der Waals surface area (Å²) in [5, 5.41) is 0. The highest BCUT2D eigenvalue weighted by molar-refractivity contribution is 5.85. The van der Waals surface area contributed by atoms with Crippen molar-refractivity contribution >= 4 is 35.1 Å². The molecule has 0 aliphatic heterocycles. The minimum Gasteiger partial charge on any atom is -0.423 e. The number of aryl methyl sites for hydroxylation is 3. The number of hydrogen-bond donors (Lipinski definition) is 0. The molecule has 0 bridgehead atoms. The summed E-state index contributed by atoms with van der Waals surface area (Å²) in [6.07, 6.45) is 7.51. The molecule has 5 aromatic carbocycles. The van der Waals surface area contributed by atoms with Crippen LogP contribution in [-0.4, -0.2) is 5.97 Å². The Labute approximate surface area is 254 Å². The lowest BCUT2D eigenvalue weighted by Gasteiger charge is -2.24. The van der Waals surface area contributed by atoms with Crippen LogP contribution < -0.4 is 9.64 Å². The lowest BCUT2D eigenvalue weighted by Crippen LogP contribution is -2.10. The first-order chi connectivity index (χ1) is 20.9. The minimum atomic E-state index is -0.470. The Morgan fingerprint density at radius 2 is 0.977 bits per heavy atom. The Balaban J connectivity index is 1.48. The van der Waals surface area contributed by atoms with Gasteiger partial charge in [-0.25, -0.2) is 4.79 Å². The van der Waals surface area contributed by atoms with E-state index >= 15 is 0 Å². The van der Waals surface area contributed by atoms with Crippen LogP contribution in [0.2, 0.25) is 0 Å². The van der Waals surface area contributed by atoms with Gasteiger partial charge in [-0.3, -0.25) is 0 Å². The van der Waals surface area contributed by atoms with Crippen molar-refractivity contribution in [3.63, 3.8) is 0 Å². The Kier molecular flexibility index (Phi) is 9.14. The monoisotopic (exact) mass is 561 g/mol. The fourth-order valence-electron chi connectivity index (χ4n) is 4.66. The van der Waals surface area contributed by atoms with Crippen molar-refractivity contribution in [2.45, 2.75) is 20.8 Å². The number of nitrogens with zero attached hydrogens (tertiary/aromatic N) is 1. The highest BCUT2D eigenvalue weighted by Gasteiger charge is 2.12. The fraction of sp³-hybridized carbons (Fsp3) is 0.0750. The van der Waals surface area contributed by atoms with Crippen LogP contribution in [0.3, 0.4) is 0 Å². The molecule has 0 aromatic heterocycles. The van der Waals surface area contributed by atoms with Crippen LogP contribution in [0.1, 0.15) is 38.9 Å².